The zero-order chi connectivity index (χ0) is 30.0. The maximum absolute atomic E-state index is 15.0. The van der Waals surface area contributed by atoms with Crippen molar-refractivity contribution in [2.24, 2.45) is 0 Å². The first kappa shape index (κ1) is 31.6. The first-order valence-electron chi connectivity index (χ1n) is 13.7. The molecule has 0 heterocycles. The summed E-state index contributed by atoms with van der Waals surface area (Å²) in [4.78, 5) is 28.6. The summed E-state index contributed by atoms with van der Waals surface area (Å²) in [6.45, 7) is 5.38. The smallest absolute Gasteiger partial charge is 0.264 e. The van der Waals surface area contributed by atoms with Crippen molar-refractivity contribution in [3.63, 3.8) is 0 Å². The van der Waals surface area contributed by atoms with Gasteiger partial charge in [-0.15, -0.1) is 0 Å². The lowest BCUT2D eigenvalue weighted by Crippen LogP contribution is -2.52. The normalized spacial score (nSPS) is 11.9. The SMILES string of the molecule is CCCCNC(=O)[C@H](CC)N(Cc1cccc(OC)c1)C(=O)CN(c1ccccc1F)S(=O)(=O)c1ccc(C)cc1. The van der Waals surface area contributed by atoms with E-state index in [1.165, 1.54) is 42.3 Å². The summed E-state index contributed by atoms with van der Waals surface area (Å²) < 4.78 is 48.8. The van der Waals surface area contributed by atoms with Gasteiger partial charge >= 0.3 is 0 Å². The van der Waals surface area contributed by atoms with Gasteiger partial charge in [-0.2, -0.15) is 0 Å². The molecule has 0 saturated carbocycles. The highest BCUT2D eigenvalue weighted by atomic mass is 32.2. The van der Waals surface area contributed by atoms with Gasteiger partial charge in [0.1, 0.15) is 24.2 Å². The number of halogens is 1. The van der Waals surface area contributed by atoms with Crippen LogP contribution in [0.2, 0.25) is 0 Å². The van der Waals surface area contributed by atoms with Crippen LogP contribution in [-0.2, 0) is 26.2 Å². The zero-order valence-corrected chi connectivity index (χ0v) is 24.8. The van der Waals surface area contributed by atoms with E-state index in [1.807, 2.05) is 13.8 Å². The highest BCUT2D eigenvalue weighted by Gasteiger charge is 2.34. The Kier molecular flexibility index (Phi) is 11.3. The zero-order valence-electron chi connectivity index (χ0n) is 24.0. The first-order chi connectivity index (χ1) is 19.6. The minimum atomic E-state index is -4.35. The number of nitrogens with one attached hydrogen (secondary N) is 1. The fourth-order valence-corrected chi connectivity index (χ4v) is 5.82. The summed E-state index contributed by atoms with van der Waals surface area (Å²) in [5.41, 5.74) is 1.28. The second-order valence-electron chi connectivity index (χ2n) is 9.72. The van der Waals surface area contributed by atoms with Crippen LogP contribution in [0.25, 0.3) is 0 Å². The number of sulfonamides is 1. The monoisotopic (exact) mass is 583 g/mol. The largest absolute Gasteiger partial charge is 0.497 e. The van der Waals surface area contributed by atoms with Crippen molar-refractivity contribution in [1.82, 2.24) is 10.2 Å². The molecule has 0 aromatic heterocycles. The van der Waals surface area contributed by atoms with Gasteiger partial charge in [-0.1, -0.05) is 62.2 Å². The lowest BCUT2D eigenvalue weighted by Gasteiger charge is -2.33. The number of nitrogens with zero attached hydrogens (tertiary/aromatic N) is 2. The van der Waals surface area contributed by atoms with Crippen LogP contribution in [0.4, 0.5) is 10.1 Å². The Hall–Kier alpha value is -3.92. The molecule has 0 aliphatic heterocycles. The summed E-state index contributed by atoms with van der Waals surface area (Å²) in [5.74, 6) is -1.20. The summed E-state index contributed by atoms with van der Waals surface area (Å²) in [7, 11) is -2.82. The third-order valence-electron chi connectivity index (χ3n) is 6.71. The molecule has 0 aliphatic carbocycles. The number of amides is 2. The second-order valence-corrected chi connectivity index (χ2v) is 11.6. The molecule has 3 aromatic carbocycles. The number of methoxy groups -OCH3 is 1. The second kappa shape index (κ2) is 14.6. The van der Waals surface area contributed by atoms with E-state index in [9.17, 15) is 18.0 Å². The Morgan fingerprint density at radius 3 is 2.34 bits per heavy atom. The van der Waals surface area contributed by atoms with E-state index < -0.39 is 34.3 Å². The van der Waals surface area contributed by atoms with Gasteiger partial charge in [0.2, 0.25) is 11.8 Å². The van der Waals surface area contributed by atoms with Crippen LogP contribution in [0, 0.1) is 12.7 Å². The number of benzene rings is 3. The molecule has 41 heavy (non-hydrogen) atoms. The van der Waals surface area contributed by atoms with Crippen molar-refractivity contribution >= 4 is 27.5 Å². The Labute approximate surface area is 242 Å². The van der Waals surface area contributed by atoms with Crippen molar-refractivity contribution in [3.8, 4) is 5.75 Å². The van der Waals surface area contributed by atoms with Gasteiger partial charge < -0.3 is 15.0 Å². The molecule has 2 amide bonds. The third-order valence-corrected chi connectivity index (χ3v) is 8.49. The van der Waals surface area contributed by atoms with Crippen LogP contribution in [0.15, 0.2) is 77.7 Å². The summed E-state index contributed by atoms with van der Waals surface area (Å²) >= 11 is 0. The minimum Gasteiger partial charge on any atom is -0.497 e. The number of aryl methyl sites for hydroxylation is 1. The van der Waals surface area contributed by atoms with E-state index in [0.29, 0.717) is 17.9 Å². The van der Waals surface area contributed by atoms with Crippen LogP contribution in [-0.4, -0.2) is 51.4 Å². The number of para-hydroxylation sites is 1. The van der Waals surface area contributed by atoms with E-state index in [4.69, 9.17) is 4.74 Å². The fraction of sp³-hybridized carbons (Fsp3) is 0.355. The molecule has 220 valence electrons. The number of rotatable bonds is 14. The number of unbranched alkanes of at least 4 members (excludes halogenated alkanes) is 1. The first-order valence-corrected chi connectivity index (χ1v) is 15.1. The molecule has 3 rings (SSSR count). The minimum absolute atomic E-state index is 0.0193. The van der Waals surface area contributed by atoms with Gasteiger partial charge in [-0.3, -0.25) is 13.9 Å². The van der Waals surface area contributed by atoms with Gasteiger partial charge in [0.25, 0.3) is 10.0 Å². The van der Waals surface area contributed by atoms with E-state index >= 15 is 4.39 Å². The maximum Gasteiger partial charge on any atom is 0.264 e. The molecular formula is C31H38FN3O5S. The Bertz CT molecular complexity index is 1430. The van der Waals surface area contributed by atoms with Crippen molar-refractivity contribution in [2.45, 2.75) is 57.5 Å². The molecule has 0 radical (unpaired) electrons. The Morgan fingerprint density at radius 1 is 1.00 bits per heavy atom. The lowest BCUT2D eigenvalue weighted by molar-refractivity contribution is -0.140. The van der Waals surface area contributed by atoms with Crippen LogP contribution in [0.5, 0.6) is 5.75 Å². The van der Waals surface area contributed by atoms with Crippen molar-refractivity contribution in [3.05, 3.63) is 89.7 Å². The Morgan fingerprint density at radius 2 is 1.71 bits per heavy atom. The van der Waals surface area contributed by atoms with E-state index in [2.05, 4.69) is 5.32 Å². The number of hydrogen-bond acceptors (Lipinski definition) is 5. The average molecular weight is 584 g/mol. The molecule has 1 N–H and O–H groups in total. The molecule has 1 atom stereocenters. The predicted octanol–water partition coefficient (Wildman–Crippen LogP) is 5.06. The molecule has 0 bridgehead atoms. The van der Waals surface area contributed by atoms with E-state index in [1.54, 1.807) is 43.3 Å². The highest BCUT2D eigenvalue weighted by molar-refractivity contribution is 7.92. The van der Waals surface area contributed by atoms with Gasteiger partial charge in [-0.25, -0.2) is 12.8 Å². The van der Waals surface area contributed by atoms with E-state index in [-0.39, 0.29) is 29.5 Å². The average Bonchev–Trinajstić information content (AvgIpc) is 2.96. The number of carbonyl (C=O) groups is 2. The number of anilines is 1. The van der Waals surface area contributed by atoms with Crippen molar-refractivity contribution < 1.29 is 27.1 Å². The standard InChI is InChI=1S/C31H38FN3O5S/c1-5-7-19-33-31(37)28(6-2)34(21-24-11-10-12-25(20-24)40-4)30(36)22-35(29-14-9-8-13-27(29)32)41(38,39)26-17-15-23(3)16-18-26/h8-18,20,28H,5-7,19,21-22H2,1-4H3,(H,33,37)/t28-/m0/s1. The highest BCUT2D eigenvalue weighted by Crippen LogP contribution is 2.27. The molecular weight excluding hydrogens is 545 g/mol. The van der Waals surface area contributed by atoms with E-state index in [0.717, 1.165) is 28.8 Å². The number of hydrogen-bond donors (Lipinski definition) is 1. The van der Waals surface area contributed by atoms with Crippen molar-refractivity contribution in [2.75, 3.05) is 24.5 Å². The molecule has 0 fully saturated rings. The lowest BCUT2D eigenvalue weighted by atomic mass is 10.1. The molecule has 8 nitrogen and oxygen atoms in total. The van der Waals surface area contributed by atoms with Crippen LogP contribution >= 0.6 is 0 Å². The van der Waals surface area contributed by atoms with Crippen LogP contribution in [0.3, 0.4) is 0 Å². The summed E-state index contributed by atoms with van der Waals surface area (Å²) in [5, 5.41) is 2.88. The van der Waals surface area contributed by atoms with Crippen LogP contribution in [0.1, 0.15) is 44.2 Å². The summed E-state index contributed by atoms with van der Waals surface area (Å²) in [6, 6.07) is 17.7. The topological polar surface area (TPSA) is 96.0 Å². The summed E-state index contributed by atoms with van der Waals surface area (Å²) in [6.07, 6.45) is 1.96. The maximum atomic E-state index is 15.0. The molecule has 0 spiro atoms. The number of ether oxygens (including phenoxy) is 1. The van der Waals surface area contributed by atoms with Gasteiger partial charge in [0, 0.05) is 13.1 Å². The van der Waals surface area contributed by atoms with Crippen LogP contribution < -0.4 is 14.4 Å². The quantitative estimate of drug-likeness (QED) is 0.268. The van der Waals surface area contributed by atoms with Gasteiger partial charge in [0.05, 0.1) is 17.7 Å². The number of carbonyl (C=O) groups excluding carboxylic acids is 2. The predicted molar refractivity (Wildman–Crippen MR) is 158 cm³/mol. The fourth-order valence-electron chi connectivity index (χ4n) is 4.40. The van der Waals surface area contributed by atoms with Gasteiger partial charge in [0.15, 0.2) is 0 Å². The molecule has 3 aromatic rings. The Balaban J connectivity index is 2.05. The molecule has 0 saturated heterocycles. The molecule has 10 heteroatoms. The van der Waals surface area contributed by atoms with Gasteiger partial charge in [-0.05, 0) is 61.7 Å². The third kappa shape index (κ3) is 8.07. The molecule has 0 aliphatic rings. The molecule has 0 unspecified atom stereocenters. The van der Waals surface area contributed by atoms with Crippen molar-refractivity contribution in [1.29, 1.82) is 0 Å².